The molecular formula is C18H16N2O4S. The first-order chi connectivity index (χ1) is 12.3. The van der Waals surface area contributed by atoms with E-state index in [1.54, 1.807) is 0 Å². The predicted molar refractivity (Wildman–Crippen MR) is 94.1 cm³/mol. The molecule has 6 nitrogen and oxygen atoms in total. The Morgan fingerprint density at radius 1 is 1.16 bits per heavy atom. The number of aromatic nitrogens is 1. The zero-order chi connectivity index (χ0) is 17.1. The number of para-hydroxylation sites is 4. The lowest BCUT2D eigenvalue weighted by Crippen LogP contribution is -2.41. The molecule has 1 N–H and O–H groups in total. The Morgan fingerprint density at radius 3 is 2.84 bits per heavy atom. The summed E-state index contributed by atoms with van der Waals surface area (Å²) in [6, 6.07) is 15.0. The van der Waals surface area contributed by atoms with Crippen LogP contribution in [-0.2, 0) is 4.79 Å². The second kappa shape index (κ2) is 7.06. The van der Waals surface area contributed by atoms with Crippen molar-refractivity contribution in [1.82, 2.24) is 10.3 Å². The number of oxazole rings is 1. The number of hydrogen-bond donors (Lipinski definition) is 1. The molecule has 128 valence electrons. The van der Waals surface area contributed by atoms with E-state index >= 15 is 0 Å². The maximum absolute atomic E-state index is 12.0. The zero-order valence-electron chi connectivity index (χ0n) is 13.3. The van der Waals surface area contributed by atoms with E-state index in [1.807, 2.05) is 48.5 Å². The van der Waals surface area contributed by atoms with Crippen molar-refractivity contribution in [1.29, 1.82) is 0 Å². The standard InChI is InChI=1S/C18H16N2O4S/c21-17(11-25-18-20-13-5-1-2-6-14(13)24-18)19-9-12-10-22-15-7-3-4-8-16(15)23-12/h1-8,12H,9-11H2,(H,19,21)/t12-/m0/s1. The molecule has 0 saturated carbocycles. The van der Waals surface area contributed by atoms with Gasteiger partial charge >= 0.3 is 0 Å². The van der Waals surface area contributed by atoms with E-state index in [1.165, 1.54) is 11.8 Å². The van der Waals surface area contributed by atoms with Gasteiger partial charge in [0.1, 0.15) is 18.2 Å². The molecule has 0 fully saturated rings. The Kier molecular flexibility index (Phi) is 4.47. The van der Waals surface area contributed by atoms with Crippen LogP contribution in [0.1, 0.15) is 0 Å². The molecule has 1 aliphatic heterocycles. The van der Waals surface area contributed by atoms with E-state index in [-0.39, 0.29) is 17.8 Å². The van der Waals surface area contributed by atoms with Gasteiger partial charge in [-0.25, -0.2) is 4.98 Å². The van der Waals surface area contributed by atoms with Crippen molar-refractivity contribution in [2.75, 3.05) is 18.9 Å². The van der Waals surface area contributed by atoms with Crippen LogP contribution in [0.15, 0.2) is 58.2 Å². The number of ether oxygens (including phenoxy) is 2. The fourth-order valence-corrected chi connectivity index (χ4v) is 3.15. The molecule has 2 heterocycles. The number of thioether (sulfide) groups is 1. The van der Waals surface area contributed by atoms with Gasteiger partial charge in [0, 0.05) is 0 Å². The largest absolute Gasteiger partial charge is 0.486 e. The number of nitrogens with zero attached hydrogens (tertiary/aromatic N) is 1. The Morgan fingerprint density at radius 2 is 1.96 bits per heavy atom. The molecule has 0 aliphatic carbocycles. The van der Waals surface area contributed by atoms with E-state index in [9.17, 15) is 4.79 Å². The average Bonchev–Trinajstić information content (AvgIpc) is 3.07. The Balaban J connectivity index is 1.25. The number of nitrogens with one attached hydrogen (secondary N) is 1. The molecule has 25 heavy (non-hydrogen) atoms. The third-order valence-electron chi connectivity index (χ3n) is 3.70. The van der Waals surface area contributed by atoms with Gasteiger partial charge in [-0.15, -0.1) is 0 Å². The third-order valence-corrected chi connectivity index (χ3v) is 4.52. The highest BCUT2D eigenvalue weighted by Crippen LogP contribution is 2.30. The number of rotatable bonds is 5. The second-order valence-electron chi connectivity index (χ2n) is 5.54. The molecular weight excluding hydrogens is 340 g/mol. The Bertz CT molecular complexity index is 862. The molecule has 3 aromatic rings. The number of hydrogen-bond acceptors (Lipinski definition) is 6. The topological polar surface area (TPSA) is 73.6 Å². The number of fused-ring (bicyclic) bond motifs is 2. The summed E-state index contributed by atoms with van der Waals surface area (Å²) in [6.07, 6.45) is -0.201. The molecule has 1 atom stereocenters. The summed E-state index contributed by atoms with van der Waals surface area (Å²) in [6.45, 7) is 0.802. The minimum atomic E-state index is -0.201. The fraction of sp³-hybridized carbons (Fsp3) is 0.222. The Labute approximate surface area is 148 Å². The van der Waals surface area contributed by atoms with Crippen molar-refractivity contribution in [3.8, 4) is 11.5 Å². The minimum absolute atomic E-state index is 0.102. The number of amides is 1. The normalized spacial score (nSPS) is 15.9. The van der Waals surface area contributed by atoms with Crippen molar-refractivity contribution in [2.45, 2.75) is 11.3 Å². The average molecular weight is 356 g/mol. The van der Waals surface area contributed by atoms with Crippen LogP contribution in [-0.4, -0.2) is 35.9 Å². The van der Waals surface area contributed by atoms with Crippen molar-refractivity contribution in [3.05, 3.63) is 48.5 Å². The summed E-state index contributed by atoms with van der Waals surface area (Å²) in [7, 11) is 0. The summed E-state index contributed by atoms with van der Waals surface area (Å²) in [5.74, 6) is 1.57. The van der Waals surface area contributed by atoms with Crippen LogP contribution < -0.4 is 14.8 Å². The number of benzene rings is 2. The van der Waals surface area contributed by atoms with Crippen LogP contribution in [0.2, 0.25) is 0 Å². The monoisotopic (exact) mass is 356 g/mol. The number of carbonyl (C=O) groups is 1. The molecule has 0 radical (unpaired) electrons. The van der Waals surface area contributed by atoms with Gasteiger partial charge in [-0.1, -0.05) is 36.0 Å². The van der Waals surface area contributed by atoms with Gasteiger partial charge in [-0.3, -0.25) is 4.79 Å². The lowest BCUT2D eigenvalue weighted by molar-refractivity contribution is -0.119. The van der Waals surface area contributed by atoms with Crippen LogP contribution >= 0.6 is 11.8 Å². The quantitative estimate of drug-likeness (QED) is 0.709. The van der Waals surface area contributed by atoms with Gasteiger partial charge in [-0.05, 0) is 24.3 Å². The van der Waals surface area contributed by atoms with Crippen molar-refractivity contribution in [2.24, 2.45) is 0 Å². The highest BCUT2D eigenvalue weighted by atomic mass is 32.2. The van der Waals surface area contributed by atoms with Gasteiger partial charge in [0.05, 0.1) is 12.3 Å². The van der Waals surface area contributed by atoms with Crippen LogP contribution in [0, 0.1) is 0 Å². The molecule has 0 bridgehead atoms. The molecule has 0 saturated heterocycles. The molecule has 0 spiro atoms. The summed E-state index contributed by atoms with van der Waals surface area (Å²) in [5.41, 5.74) is 1.51. The third kappa shape index (κ3) is 3.71. The first-order valence-electron chi connectivity index (χ1n) is 7.91. The summed E-state index contributed by atoms with van der Waals surface area (Å²) >= 11 is 1.27. The van der Waals surface area contributed by atoms with E-state index in [4.69, 9.17) is 13.9 Å². The van der Waals surface area contributed by atoms with Gasteiger partial charge in [0.15, 0.2) is 17.1 Å². The van der Waals surface area contributed by atoms with Gasteiger partial charge < -0.3 is 19.2 Å². The van der Waals surface area contributed by atoms with E-state index in [0.29, 0.717) is 24.1 Å². The first kappa shape index (κ1) is 15.8. The summed E-state index contributed by atoms with van der Waals surface area (Å²) in [4.78, 5) is 16.4. The highest BCUT2D eigenvalue weighted by molar-refractivity contribution is 7.99. The number of carbonyl (C=O) groups excluding carboxylic acids is 1. The van der Waals surface area contributed by atoms with Crippen molar-refractivity contribution < 1.29 is 18.7 Å². The summed E-state index contributed by atoms with van der Waals surface area (Å²) in [5, 5.41) is 3.34. The van der Waals surface area contributed by atoms with Gasteiger partial charge in [-0.2, -0.15) is 0 Å². The minimum Gasteiger partial charge on any atom is -0.486 e. The van der Waals surface area contributed by atoms with Crippen LogP contribution in [0.4, 0.5) is 0 Å². The van der Waals surface area contributed by atoms with Crippen LogP contribution in [0.25, 0.3) is 11.1 Å². The molecule has 2 aromatic carbocycles. The van der Waals surface area contributed by atoms with Gasteiger partial charge in [0.25, 0.3) is 5.22 Å². The fourth-order valence-electron chi connectivity index (χ4n) is 2.48. The lowest BCUT2D eigenvalue weighted by atomic mass is 10.2. The summed E-state index contributed by atoms with van der Waals surface area (Å²) < 4.78 is 17.0. The molecule has 1 aromatic heterocycles. The molecule has 0 unspecified atom stereocenters. The van der Waals surface area contributed by atoms with Crippen molar-refractivity contribution >= 4 is 28.8 Å². The molecule has 1 amide bonds. The Hall–Kier alpha value is -2.67. The maximum Gasteiger partial charge on any atom is 0.257 e. The highest BCUT2D eigenvalue weighted by Gasteiger charge is 2.21. The SMILES string of the molecule is O=C(CSc1nc2ccccc2o1)NC[C@H]1COc2ccccc2O1. The van der Waals surface area contributed by atoms with Crippen LogP contribution in [0.3, 0.4) is 0 Å². The predicted octanol–water partition coefficient (Wildman–Crippen LogP) is 2.88. The lowest BCUT2D eigenvalue weighted by Gasteiger charge is -2.26. The maximum atomic E-state index is 12.0. The second-order valence-corrected chi connectivity index (χ2v) is 6.46. The zero-order valence-corrected chi connectivity index (χ0v) is 14.1. The first-order valence-corrected chi connectivity index (χ1v) is 8.90. The molecule has 7 heteroatoms. The molecule has 1 aliphatic rings. The smallest absolute Gasteiger partial charge is 0.257 e. The van der Waals surface area contributed by atoms with Crippen molar-refractivity contribution in [3.63, 3.8) is 0 Å². The van der Waals surface area contributed by atoms with Crippen LogP contribution in [0.5, 0.6) is 11.5 Å². The van der Waals surface area contributed by atoms with E-state index in [2.05, 4.69) is 10.3 Å². The molecule has 4 rings (SSSR count). The van der Waals surface area contributed by atoms with Gasteiger partial charge in [0.2, 0.25) is 5.91 Å². The van der Waals surface area contributed by atoms with E-state index in [0.717, 1.165) is 16.8 Å². The van der Waals surface area contributed by atoms with E-state index < -0.39 is 0 Å².